The fourth-order valence-corrected chi connectivity index (χ4v) is 2.99. The van der Waals surface area contributed by atoms with Crippen LogP contribution in [0.5, 0.6) is 10.9 Å². The molecule has 0 unspecified atom stereocenters. The maximum atomic E-state index is 6.00. The van der Waals surface area contributed by atoms with Crippen molar-refractivity contribution in [1.82, 2.24) is 14.3 Å². The largest absolute Gasteiger partial charge is 0.430 e. The van der Waals surface area contributed by atoms with Gasteiger partial charge in [-0.25, -0.2) is 4.99 Å². The standard InChI is InChI=1S/C19H26N4OS/c1-12(2)23(6)11-20-15-9-14(4)16(10-13(15)3)24-18-21-17(22-25-18)19(5)7-8-19/h9-12H,7-8H2,1-6H3. The first kappa shape index (κ1) is 17.9. The lowest BCUT2D eigenvalue weighted by atomic mass is 10.1. The molecule has 0 atom stereocenters. The van der Waals surface area contributed by atoms with Crippen molar-refractivity contribution >= 4 is 23.6 Å². The molecule has 0 radical (unpaired) electrons. The molecule has 0 aliphatic heterocycles. The minimum absolute atomic E-state index is 0.171. The van der Waals surface area contributed by atoms with E-state index in [0.717, 1.165) is 28.4 Å². The van der Waals surface area contributed by atoms with E-state index in [1.165, 1.54) is 24.4 Å². The zero-order valence-electron chi connectivity index (χ0n) is 15.8. The molecule has 1 aromatic heterocycles. The van der Waals surface area contributed by atoms with Crippen molar-refractivity contribution in [2.24, 2.45) is 4.99 Å². The van der Waals surface area contributed by atoms with Gasteiger partial charge in [0.1, 0.15) is 5.75 Å². The number of nitrogens with zero attached hydrogens (tertiary/aromatic N) is 4. The highest BCUT2D eigenvalue weighted by Crippen LogP contribution is 2.47. The molecule has 5 nitrogen and oxygen atoms in total. The summed E-state index contributed by atoms with van der Waals surface area (Å²) in [5, 5.41) is 0.612. The minimum atomic E-state index is 0.171. The van der Waals surface area contributed by atoms with Crippen molar-refractivity contribution in [3.63, 3.8) is 0 Å². The van der Waals surface area contributed by atoms with E-state index in [-0.39, 0.29) is 5.41 Å². The number of aliphatic imine (C=N–C) groups is 1. The molecule has 0 N–H and O–H groups in total. The fraction of sp³-hybridized carbons (Fsp3) is 0.526. The Morgan fingerprint density at radius 1 is 1.28 bits per heavy atom. The van der Waals surface area contributed by atoms with Crippen LogP contribution in [0, 0.1) is 13.8 Å². The number of rotatable bonds is 6. The second-order valence-electron chi connectivity index (χ2n) is 7.45. The SMILES string of the molecule is Cc1cc(Oc2nc(C3(C)CC3)ns2)c(C)cc1N=CN(C)C(C)C. The zero-order chi connectivity index (χ0) is 18.2. The Hall–Kier alpha value is -1.95. The maximum Gasteiger partial charge on any atom is 0.298 e. The Balaban J connectivity index is 1.77. The molecule has 1 aliphatic carbocycles. The van der Waals surface area contributed by atoms with Crippen LogP contribution in [0.4, 0.5) is 5.69 Å². The third-order valence-electron chi connectivity index (χ3n) is 4.83. The van der Waals surface area contributed by atoms with E-state index in [9.17, 15) is 0 Å². The highest BCUT2D eigenvalue weighted by molar-refractivity contribution is 7.07. The van der Waals surface area contributed by atoms with E-state index in [1.807, 2.05) is 33.3 Å². The molecule has 1 fully saturated rings. The summed E-state index contributed by atoms with van der Waals surface area (Å²) in [6.07, 6.45) is 4.21. The summed E-state index contributed by atoms with van der Waals surface area (Å²) in [4.78, 5) is 11.2. The lowest BCUT2D eigenvalue weighted by molar-refractivity contribution is 0.429. The molecule has 0 saturated heterocycles. The smallest absolute Gasteiger partial charge is 0.298 e. The van der Waals surface area contributed by atoms with Crippen LogP contribution in [0.3, 0.4) is 0 Å². The Kier molecular flexibility index (Phi) is 4.82. The van der Waals surface area contributed by atoms with Gasteiger partial charge in [-0.3, -0.25) is 0 Å². The van der Waals surface area contributed by atoms with Gasteiger partial charge in [-0.2, -0.15) is 9.36 Å². The molecular formula is C19H26N4OS. The fourth-order valence-electron chi connectivity index (χ4n) is 2.31. The van der Waals surface area contributed by atoms with Gasteiger partial charge in [0.15, 0.2) is 5.82 Å². The van der Waals surface area contributed by atoms with Gasteiger partial charge < -0.3 is 9.64 Å². The van der Waals surface area contributed by atoms with Gasteiger partial charge in [0.2, 0.25) is 0 Å². The van der Waals surface area contributed by atoms with Crippen LogP contribution in [0.15, 0.2) is 17.1 Å². The van der Waals surface area contributed by atoms with Gasteiger partial charge in [-0.1, -0.05) is 6.92 Å². The lowest BCUT2D eigenvalue weighted by Gasteiger charge is -2.17. The summed E-state index contributed by atoms with van der Waals surface area (Å²) < 4.78 is 10.5. The van der Waals surface area contributed by atoms with E-state index in [0.29, 0.717) is 11.2 Å². The molecule has 2 aromatic rings. The molecular weight excluding hydrogens is 332 g/mol. The van der Waals surface area contributed by atoms with Crippen molar-refractivity contribution in [2.75, 3.05) is 7.05 Å². The van der Waals surface area contributed by atoms with Gasteiger partial charge in [0.25, 0.3) is 5.19 Å². The van der Waals surface area contributed by atoms with Crippen molar-refractivity contribution in [3.05, 3.63) is 29.1 Å². The molecule has 1 aromatic carbocycles. The van der Waals surface area contributed by atoms with Crippen LogP contribution in [-0.2, 0) is 5.41 Å². The van der Waals surface area contributed by atoms with Crippen molar-refractivity contribution in [1.29, 1.82) is 0 Å². The van der Waals surface area contributed by atoms with Crippen LogP contribution < -0.4 is 4.74 Å². The highest BCUT2D eigenvalue weighted by atomic mass is 32.1. The Morgan fingerprint density at radius 2 is 2.00 bits per heavy atom. The Morgan fingerprint density at radius 3 is 2.64 bits per heavy atom. The van der Waals surface area contributed by atoms with Crippen LogP contribution in [0.1, 0.15) is 50.6 Å². The molecule has 134 valence electrons. The normalized spacial score (nSPS) is 15.8. The molecule has 1 aliphatic rings. The topological polar surface area (TPSA) is 50.6 Å². The van der Waals surface area contributed by atoms with E-state index >= 15 is 0 Å². The summed E-state index contributed by atoms with van der Waals surface area (Å²) >= 11 is 1.33. The van der Waals surface area contributed by atoms with E-state index in [1.54, 1.807) is 0 Å². The van der Waals surface area contributed by atoms with Crippen LogP contribution in [-0.4, -0.2) is 33.7 Å². The monoisotopic (exact) mass is 358 g/mol. The van der Waals surface area contributed by atoms with Crippen molar-refractivity contribution in [2.45, 2.75) is 58.9 Å². The summed E-state index contributed by atoms with van der Waals surface area (Å²) in [5.74, 6) is 1.73. The van der Waals surface area contributed by atoms with Gasteiger partial charge in [0, 0.05) is 30.0 Å². The predicted octanol–water partition coefficient (Wildman–Crippen LogP) is 5.00. The number of hydrogen-bond acceptors (Lipinski definition) is 5. The highest BCUT2D eigenvalue weighted by Gasteiger charge is 2.43. The third kappa shape index (κ3) is 4.00. The molecule has 0 bridgehead atoms. The van der Waals surface area contributed by atoms with Crippen molar-refractivity contribution < 1.29 is 4.74 Å². The quantitative estimate of drug-likeness (QED) is 0.539. The average Bonchev–Trinajstić information content (AvgIpc) is 3.12. The average molecular weight is 359 g/mol. The number of hydrogen-bond donors (Lipinski definition) is 0. The van der Waals surface area contributed by atoms with Crippen LogP contribution in [0.2, 0.25) is 0 Å². The van der Waals surface area contributed by atoms with Gasteiger partial charge in [0.05, 0.1) is 12.0 Å². The Bertz CT molecular complexity index is 793. The number of aromatic nitrogens is 2. The molecule has 6 heteroatoms. The van der Waals surface area contributed by atoms with Gasteiger partial charge in [-0.05, 0) is 63.8 Å². The summed E-state index contributed by atoms with van der Waals surface area (Å²) in [6.45, 7) is 10.6. The Labute approximate surface area is 153 Å². The zero-order valence-corrected chi connectivity index (χ0v) is 16.6. The molecule has 0 spiro atoms. The van der Waals surface area contributed by atoms with Gasteiger partial charge in [-0.15, -0.1) is 0 Å². The number of benzene rings is 1. The first-order valence-electron chi connectivity index (χ1n) is 8.68. The van der Waals surface area contributed by atoms with Gasteiger partial charge >= 0.3 is 0 Å². The minimum Gasteiger partial charge on any atom is -0.430 e. The van der Waals surface area contributed by atoms with Crippen molar-refractivity contribution in [3.8, 4) is 10.9 Å². The molecule has 25 heavy (non-hydrogen) atoms. The lowest BCUT2D eigenvalue weighted by Crippen LogP contribution is -2.24. The van der Waals surface area contributed by atoms with E-state index < -0.39 is 0 Å². The number of aryl methyl sites for hydroxylation is 2. The molecule has 0 amide bonds. The molecule has 1 heterocycles. The summed E-state index contributed by atoms with van der Waals surface area (Å²) in [5.41, 5.74) is 3.25. The second-order valence-corrected chi connectivity index (χ2v) is 8.17. The second kappa shape index (κ2) is 6.75. The summed E-state index contributed by atoms with van der Waals surface area (Å²) in [7, 11) is 2.03. The third-order valence-corrected chi connectivity index (χ3v) is 5.43. The predicted molar refractivity (Wildman–Crippen MR) is 104 cm³/mol. The van der Waals surface area contributed by atoms with Crippen LogP contribution >= 0.6 is 11.5 Å². The van der Waals surface area contributed by atoms with Crippen LogP contribution in [0.25, 0.3) is 0 Å². The first-order valence-corrected chi connectivity index (χ1v) is 9.45. The summed E-state index contributed by atoms with van der Waals surface area (Å²) in [6, 6.07) is 4.50. The first-order chi connectivity index (χ1) is 11.8. The molecule has 1 saturated carbocycles. The molecule has 3 rings (SSSR count). The maximum absolute atomic E-state index is 6.00. The number of ether oxygens (including phenoxy) is 1. The van der Waals surface area contributed by atoms with E-state index in [4.69, 9.17) is 4.74 Å². The van der Waals surface area contributed by atoms with E-state index in [2.05, 4.69) is 46.1 Å².